The highest BCUT2D eigenvalue weighted by Crippen LogP contribution is 2.34. The van der Waals surface area contributed by atoms with Crippen molar-refractivity contribution in [3.05, 3.63) is 0 Å². The first-order chi connectivity index (χ1) is 10.0. The Bertz CT molecular complexity index is 391. The van der Waals surface area contributed by atoms with E-state index in [-0.39, 0.29) is 23.8 Å². The van der Waals surface area contributed by atoms with Crippen LogP contribution >= 0.6 is 0 Å². The number of hydrogen-bond donors (Lipinski definition) is 1. The summed E-state index contributed by atoms with van der Waals surface area (Å²) in [5, 5.41) is 3.06. The summed E-state index contributed by atoms with van der Waals surface area (Å²) in [6, 6.07) is -0.329. The van der Waals surface area contributed by atoms with E-state index in [2.05, 4.69) is 12.2 Å². The lowest BCUT2D eigenvalue weighted by molar-refractivity contribution is -0.157. The number of nitrogens with zero attached hydrogens (tertiary/aromatic N) is 1. The molecule has 1 aliphatic heterocycles. The van der Waals surface area contributed by atoms with Crippen LogP contribution in [0.15, 0.2) is 0 Å². The molecule has 0 aromatic rings. The van der Waals surface area contributed by atoms with Gasteiger partial charge in [-0.3, -0.25) is 9.59 Å². The fraction of sp³-hybridized carbons (Fsp3) is 0.875. The van der Waals surface area contributed by atoms with E-state index in [9.17, 15) is 9.59 Å². The molecule has 21 heavy (non-hydrogen) atoms. The Morgan fingerprint density at radius 3 is 2.57 bits per heavy atom. The number of nitrogens with one attached hydrogen (secondary N) is 1. The van der Waals surface area contributed by atoms with Crippen molar-refractivity contribution in [2.45, 2.75) is 64.0 Å². The van der Waals surface area contributed by atoms with Crippen LogP contribution in [0, 0.1) is 5.92 Å². The molecule has 5 heteroatoms. The topological polar surface area (TPSA) is 58.6 Å². The van der Waals surface area contributed by atoms with Crippen molar-refractivity contribution in [1.82, 2.24) is 10.2 Å². The van der Waals surface area contributed by atoms with Crippen LogP contribution in [0.5, 0.6) is 0 Å². The third-order valence-corrected chi connectivity index (χ3v) is 4.76. The van der Waals surface area contributed by atoms with Crippen molar-refractivity contribution in [2.75, 3.05) is 20.3 Å². The van der Waals surface area contributed by atoms with Gasteiger partial charge in [0.05, 0.1) is 6.61 Å². The second kappa shape index (κ2) is 6.77. The zero-order valence-electron chi connectivity index (χ0n) is 13.5. The van der Waals surface area contributed by atoms with Gasteiger partial charge in [0.25, 0.3) is 0 Å². The summed E-state index contributed by atoms with van der Waals surface area (Å²) < 4.78 is 5.17. The molecule has 120 valence electrons. The maximum atomic E-state index is 13.0. The molecule has 0 bridgehead atoms. The molecule has 5 nitrogen and oxygen atoms in total. The van der Waals surface area contributed by atoms with Gasteiger partial charge < -0.3 is 15.0 Å². The first-order valence-electron chi connectivity index (χ1n) is 8.16. The third kappa shape index (κ3) is 3.23. The standard InChI is InChI=1S/C16H28N2O3/c1-4-13-14(19)17-16(8-6-5-7-9-16)15(20)18(13)10-12(2)11-21-3/h12-13H,4-11H2,1-3H3,(H,17,19). The van der Waals surface area contributed by atoms with E-state index in [1.165, 1.54) is 0 Å². The normalized spacial score (nSPS) is 26.8. The van der Waals surface area contributed by atoms with Gasteiger partial charge in [-0.1, -0.05) is 33.1 Å². The van der Waals surface area contributed by atoms with Crippen LogP contribution in [-0.2, 0) is 14.3 Å². The largest absolute Gasteiger partial charge is 0.384 e. The molecule has 2 amide bonds. The Hall–Kier alpha value is -1.10. The quantitative estimate of drug-likeness (QED) is 0.840. The molecule has 1 N–H and O–H groups in total. The van der Waals surface area contributed by atoms with Crippen LogP contribution in [0.3, 0.4) is 0 Å². The zero-order valence-corrected chi connectivity index (χ0v) is 13.5. The van der Waals surface area contributed by atoms with E-state index in [0.29, 0.717) is 19.6 Å². The maximum Gasteiger partial charge on any atom is 0.249 e. The van der Waals surface area contributed by atoms with Gasteiger partial charge in [-0.05, 0) is 25.2 Å². The second-order valence-corrected chi connectivity index (χ2v) is 6.57. The predicted molar refractivity (Wildman–Crippen MR) is 80.8 cm³/mol. The minimum absolute atomic E-state index is 0.0172. The van der Waals surface area contributed by atoms with Gasteiger partial charge in [-0.25, -0.2) is 0 Å². The first kappa shape index (κ1) is 16.3. The number of rotatable bonds is 5. The number of hydrogen-bond acceptors (Lipinski definition) is 3. The van der Waals surface area contributed by atoms with Crippen LogP contribution in [-0.4, -0.2) is 48.6 Å². The molecule has 1 saturated heterocycles. The zero-order chi connectivity index (χ0) is 15.5. The van der Waals surface area contributed by atoms with Gasteiger partial charge in [0.1, 0.15) is 11.6 Å². The SMILES string of the molecule is CCC1C(=O)NC2(CCCCC2)C(=O)N1CC(C)COC. The summed E-state index contributed by atoms with van der Waals surface area (Å²) in [4.78, 5) is 27.3. The smallest absolute Gasteiger partial charge is 0.249 e. The van der Waals surface area contributed by atoms with Gasteiger partial charge in [0, 0.05) is 13.7 Å². The Morgan fingerprint density at radius 1 is 1.33 bits per heavy atom. The number of methoxy groups -OCH3 is 1. The minimum atomic E-state index is -0.631. The van der Waals surface area contributed by atoms with Crippen molar-refractivity contribution in [1.29, 1.82) is 0 Å². The Labute approximate surface area is 127 Å². The molecule has 1 spiro atoms. The minimum Gasteiger partial charge on any atom is -0.384 e. The molecule has 0 aromatic heterocycles. The molecule has 2 fully saturated rings. The van der Waals surface area contributed by atoms with Gasteiger partial charge in [0.15, 0.2) is 0 Å². The van der Waals surface area contributed by atoms with Crippen LogP contribution in [0.25, 0.3) is 0 Å². The number of carbonyl (C=O) groups excluding carboxylic acids is 2. The van der Waals surface area contributed by atoms with Crippen molar-refractivity contribution in [3.8, 4) is 0 Å². The van der Waals surface area contributed by atoms with E-state index in [0.717, 1.165) is 32.1 Å². The van der Waals surface area contributed by atoms with Crippen molar-refractivity contribution >= 4 is 11.8 Å². The Balaban J connectivity index is 2.20. The summed E-state index contributed by atoms with van der Waals surface area (Å²) in [6.07, 6.45) is 5.41. The fourth-order valence-corrected chi connectivity index (χ4v) is 3.71. The second-order valence-electron chi connectivity index (χ2n) is 6.57. The average Bonchev–Trinajstić information content (AvgIpc) is 2.46. The molecule has 0 radical (unpaired) electrons. The van der Waals surface area contributed by atoms with Crippen LogP contribution in [0.2, 0.25) is 0 Å². The maximum absolute atomic E-state index is 13.0. The van der Waals surface area contributed by atoms with Gasteiger partial charge in [0.2, 0.25) is 11.8 Å². The highest BCUT2D eigenvalue weighted by Gasteiger charge is 2.50. The third-order valence-electron chi connectivity index (χ3n) is 4.76. The summed E-state index contributed by atoms with van der Waals surface area (Å²) in [5.41, 5.74) is -0.631. The number of piperazine rings is 1. The highest BCUT2D eigenvalue weighted by molar-refractivity contribution is 5.99. The van der Waals surface area contributed by atoms with Crippen molar-refractivity contribution in [3.63, 3.8) is 0 Å². The van der Waals surface area contributed by atoms with Crippen LogP contribution < -0.4 is 5.32 Å². The summed E-state index contributed by atoms with van der Waals surface area (Å²) >= 11 is 0. The summed E-state index contributed by atoms with van der Waals surface area (Å²) in [5.74, 6) is 0.375. The van der Waals surface area contributed by atoms with Crippen molar-refractivity contribution in [2.24, 2.45) is 5.92 Å². The molecule has 2 aliphatic rings. The van der Waals surface area contributed by atoms with Crippen LogP contribution in [0.4, 0.5) is 0 Å². The average molecular weight is 296 g/mol. The van der Waals surface area contributed by atoms with Gasteiger partial charge >= 0.3 is 0 Å². The Kier molecular flexibility index (Phi) is 5.25. The van der Waals surface area contributed by atoms with Gasteiger partial charge in [-0.2, -0.15) is 0 Å². The lowest BCUT2D eigenvalue weighted by Crippen LogP contribution is -2.71. The number of amides is 2. The predicted octanol–water partition coefficient (Wildman–Crippen LogP) is 1.71. The van der Waals surface area contributed by atoms with E-state index in [1.54, 1.807) is 7.11 Å². The van der Waals surface area contributed by atoms with Crippen molar-refractivity contribution < 1.29 is 14.3 Å². The van der Waals surface area contributed by atoms with Gasteiger partial charge in [-0.15, -0.1) is 0 Å². The summed E-state index contributed by atoms with van der Waals surface area (Å²) in [7, 11) is 1.67. The molecular formula is C16H28N2O3. The molecule has 2 unspecified atom stereocenters. The van der Waals surface area contributed by atoms with E-state index in [1.807, 2.05) is 11.8 Å². The van der Waals surface area contributed by atoms with E-state index < -0.39 is 5.54 Å². The van der Waals surface area contributed by atoms with E-state index >= 15 is 0 Å². The fourth-order valence-electron chi connectivity index (χ4n) is 3.71. The molecule has 2 rings (SSSR count). The van der Waals surface area contributed by atoms with Crippen LogP contribution in [0.1, 0.15) is 52.4 Å². The molecule has 1 heterocycles. The molecule has 1 saturated carbocycles. The lowest BCUT2D eigenvalue weighted by Gasteiger charge is -2.48. The molecule has 0 aromatic carbocycles. The molecule has 2 atom stereocenters. The number of carbonyl (C=O) groups is 2. The molecule has 1 aliphatic carbocycles. The first-order valence-corrected chi connectivity index (χ1v) is 8.16. The highest BCUT2D eigenvalue weighted by atomic mass is 16.5. The number of ether oxygens (including phenoxy) is 1. The Morgan fingerprint density at radius 2 is 2.00 bits per heavy atom. The molecular weight excluding hydrogens is 268 g/mol. The lowest BCUT2D eigenvalue weighted by atomic mass is 9.78. The summed E-state index contributed by atoms with van der Waals surface area (Å²) in [6.45, 7) is 5.23. The van der Waals surface area contributed by atoms with E-state index in [4.69, 9.17) is 4.74 Å². The monoisotopic (exact) mass is 296 g/mol.